The number of fused-ring (bicyclic) bond motifs is 1. The smallest absolute Gasteiger partial charge is 0.264 e. The molecule has 3 aromatic carbocycles. The monoisotopic (exact) mass is 510 g/mol. The second-order valence-corrected chi connectivity index (χ2v) is 10.3. The summed E-state index contributed by atoms with van der Waals surface area (Å²) < 4.78 is 44.9. The van der Waals surface area contributed by atoms with E-state index >= 15 is 0 Å². The molecule has 9 heteroatoms. The molecule has 0 bridgehead atoms. The fourth-order valence-corrected chi connectivity index (χ4v) is 5.72. The number of hydrogen-bond acceptors (Lipinski definition) is 6. The van der Waals surface area contributed by atoms with E-state index in [9.17, 15) is 13.2 Å². The lowest BCUT2D eigenvalue weighted by molar-refractivity contribution is -0.128. The lowest BCUT2D eigenvalue weighted by Crippen LogP contribution is -2.51. The van der Waals surface area contributed by atoms with Gasteiger partial charge in [0.1, 0.15) is 17.2 Å². The quantitative estimate of drug-likeness (QED) is 0.487. The standard InChI is InChI=1S/C27H30N2O6S/c1-5-22(19-10-15-24(34-4)18(2)16-19)28-27(30)26-17-29(23-8-6-7-9-25(23)35-26)36(31,32)21-13-11-20(33-3)12-14-21/h6-16,22,26H,5,17H2,1-4H3,(H,28,30)/t22-,26+/m1/s1. The average molecular weight is 511 g/mol. The molecule has 0 aliphatic carbocycles. The van der Waals surface area contributed by atoms with Gasteiger partial charge in [-0.2, -0.15) is 0 Å². The number of ether oxygens (including phenoxy) is 3. The number of benzene rings is 3. The molecular formula is C27H30N2O6S. The number of carbonyl (C=O) groups is 1. The summed E-state index contributed by atoms with van der Waals surface area (Å²) in [7, 11) is -0.831. The van der Waals surface area contributed by atoms with Gasteiger partial charge in [0.2, 0.25) is 0 Å². The Labute approximate surface area is 211 Å². The van der Waals surface area contributed by atoms with Crippen LogP contribution in [0.5, 0.6) is 17.2 Å². The van der Waals surface area contributed by atoms with E-state index in [1.165, 1.54) is 23.5 Å². The molecule has 1 heterocycles. The third kappa shape index (κ3) is 4.97. The highest BCUT2D eigenvalue weighted by Gasteiger charge is 2.38. The summed E-state index contributed by atoms with van der Waals surface area (Å²) in [5.41, 5.74) is 2.28. The third-order valence-electron chi connectivity index (χ3n) is 6.22. The maximum absolute atomic E-state index is 13.6. The van der Waals surface area contributed by atoms with Crippen LogP contribution in [0.4, 0.5) is 5.69 Å². The Bertz CT molecular complexity index is 1340. The van der Waals surface area contributed by atoms with E-state index in [2.05, 4.69) is 5.32 Å². The van der Waals surface area contributed by atoms with Crippen LogP contribution in [-0.4, -0.2) is 41.2 Å². The molecule has 0 fully saturated rings. The topological polar surface area (TPSA) is 94.2 Å². The number of amides is 1. The molecule has 3 aromatic rings. The Morgan fingerprint density at radius 3 is 2.44 bits per heavy atom. The molecule has 190 valence electrons. The number of nitrogens with one attached hydrogen (secondary N) is 1. The number of sulfonamides is 1. The Kier molecular flexibility index (Phi) is 7.40. The summed E-state index contributed by atoms with van der Waals surface area (Å²) in [4.78, 5) is 13.4. The number of aryl methyl sites for hydroxylation is 1. The van der Waals surface area contributed by atoms with E-state index < -0.39 is 16.1 Å². The fourth-order valence-electron chi connectivity index (χ4n) is 4.25. The van der Waals surface area contributed by atoms with E-state index in [1.54, 1.807) is 43.5 Å². The summed E-state index contributed by atoms with van der Waals surface area (Å²) in [6.45, 7) is 3.76. The Morgan fingerprint density at radius 2 is 1.81 bits per heavy atom. The average Bonchev–Trinajstić information content (AvgIpc) is 2.90. The number of anilines is 1. The highest BCUT2D eigenvalue weighted by atomic mass is 32.2. The lowest BCUT2D eigenvalue weighted by atomic mass is 10.0. The van der Waals surface area contributed by atoms with Crippen molar-refractivity contribution in [2.45, 2.75) is 37.3 Å². The maximum Gasteiger partial charge on any atom is 0.264 e. The first-order valence-corrected chi connectivity index (χ1v) is 13.1. The first-order valence-electron chi connectivity index (χ1n) is 11.7. The second-order valence-electron chi connectivity index (χ2n) is 8.48. The normalized spacial score (nSPS) is 15.9. The minimum atomic E-state index is -3.96. The van der Waals surface area contributed by atoms with Gasteiger partial charge in [0.05, 0.1) is 37.4 Å². The van der Waals surface area contributed by atoms with E-state index in [1.807, 2.05) is 32.0 Å². The molecule has 0 saturated heterocycles. The van der Waals surface area contributed by atoms with Crippen LogP contribution in [0.15, 0.2) is 71.6 Å². The van der Waals surface area contributed by atoms with Crippen LogP contribution in [0.1, 0.15) is 30.5 Å². The summed E-state index contributed by atoms with van der Waals surface area (Å²) in [5, 5.41) is 3.03. The molecule has 0 saturated carbocycles. The minimum absolute atomic E-state index is 0.0966. The largest absolute Gasteiger partial charge is 0.497 e. The fraction of sp³-hybridized carbons (Fsp3) is 0.296. The zero-order chi connectivity index (χ0) is 25.9. The molecule has 2 atom stereocenters. The summed E-state index contributed by atoms with van der Waals surface area (Å²) in [6, 6.07) is 18.5. The zero-order valence-electron chi connectivity index (χ0n) is 20.7. The van der Waals surface area contributed by atoms with E-state index in [0.29, 0.717) is 23.6 Å². The molecule has 36 heavy (non-hydrogen) atoms. The summed E-state index contributed by atoms with van der Waals surface area (Å²) in [6.07, 6.45) is -0.379. The van der Waals surface area contributed by atoms with Crippen LogP contribution in [0, 0.1) is 6.92 Å². The first-order chi connectivity index (χ1) is 17.3. The number of carbonyl (C=O) groups excluding carboxylic acids is 1. The molecule has 0 unspecified atom stereocenters. The lowest BCUT2D eigenvalue weighted by Gasteiger charge is -2.35. The predicted octanol–water partition coefficient (Wildman–Crippen LogP) is 4.24. The molecular weight excluding hydrogens is 480 g/mol. The van der Waals surface area contributed by atoms with Crippen molar-refractivity contribution in [3.8, 4) is 17.2 Å². The van der Waals surface area contributed by atoms with Crippen molar-refractivity contribution >= 4 is 21.6 Å². The van der Waals surface area contributed by atoms with E-state index in [-0.39, 0.29) is 23.4 Å². The number of para-hydroxylation sites is 2. The molecule has 1 aliphatic rings. The van der Waals surface area contributed by atoms with Crippen LogP contribution < -0.4 is 23.8 Å². The SMILES string of the molecule is CC[C@@H](NC(=O)[C@@H]1CN(S(=O)(=O)c2ccc(OC)cc2)c2ccccc2O1)c1ccc(OC)c(C)c1. The molecule has 1 aliphatic heterocycles. The van der Waals surface area contributed by atoms with E-state index in [0.717, 1.165) is 16.9 Å². The van der Waals surface area contributed by atoms with Crippen molar-refractivity contribution in [3.63, 3.8) is 0 Å². The van der Waals surface area contributed by atoms with Gasteiger partial charge in [0.25, 0.3) is 15.9 Å². The Morgan fingerprint density at radius 1 is 1.08 bits per heavy atom. The number of hydrogen-bond donors (Lipinski definition) is 1. The van der Waals surface area contributed by atoms with Gasteiger partial charge in [-0.1, -0.05) is 31.2 Å². The van der Waals surface area contributed by atoms with Crippen LogP contribution >= 0.6 is 0 Å². The third-order valence-corrected chi connectivity index (χ3v) is 8.01. The minimum Gasteiger partial charge on any atom is -0.497 e. The summed E-state index contributed by atoms with van der Waals surface area (Å²) >= 11 is 0. The van der Waals surface area contributed by atoms with Crippen molar-refractivity contribution in [3.05, 3.63) is 77.9 Å². The van der Waals surface area contributed by atoms with Crippen LogP contribution in [0.2, 0.25) is 0 Å². The van der Waals surface area contributed by atoms with Crippen LogP contribution in [0.25, 0.3) is 0 Å². The van der Waals surface area contributed by atoms with Crippen LogP contribution in [0.3, 0.4) is 0 Å². The molecule has 0 spiro atoms. The van der Waals surface area contributed by atoms with Crippen molar-refractivity contribution in [1.82, 2.24) is 5.32 Å². The highest BCUT2D eigenvalue weighted by Crippen LogP contribution is 2.37. The number of methoxy groups -OCH3 is 2. The van der Waals surface area contributed by atoms with Gasteiger partial charge < -0.3 is 19.5 Å². The van der Waals surface area contributed by atoms with Crippen molar-refractivity contribution < 1.29 is 27.4 Å². The molecule has 8 nitrogen and oxygen atoms in total. The van der Waals surface area contributed by atoms with Gasteiger partial charge in [-0.15, -0.1) is 0 Å². The van der Waals surface area contributed by atoms with Gasteiger partial charge in [0, 0.05) is 0 Å². The molecule has 4 rings (SSSR count). The molecule has 1 amide bonds. The Hall–Kier alpha value is -3.72. The summed E-state index contributed by atoms with van der Waals surface area (Å²) in [5.74, 6) is 1.26. The predicted molar refractivity (Wildman–Crippen MR) is 137 cm³/mol. The molecule has 0 radical (unpaired) electrons. The number of rotatable bonds is 8. The maximum atomic E-state index is 13.6. The van der Waals surface area contributed by atoms with Crippen LogP contribution in [-0.2, 0) is 14.8 Å². The van der Waals surface area contributed by atoms with Gasteiger partial charge >= 0.3 is 0 Å². The van der Waals surface area contributed by atoms with Gasteiger partial charge in [-0.25, -0.2) is 8.42 Å². The number of nitrogens with zero attached hydrogens (tertiary/aromatic N) is 1. The molecule has 0 aromatic heterocycles. The van der Waals surface area contributed by atoms with Gasteiger partial charge in [-0.05, 0) is 66.9 Å². The Balaban J connectivity index is 1.61. The van der Waals surface area contributed by atoms with E-state index in [4.69, 9.17) is 14.2 Å². The van der Waals surface area contributed by atoms with Crippen molar-refractivity contribution in [2.75, 3.05) is 25.1 Å². The first kappa shape index (κ1) is 25.4. The van der Waals surface area contributed by atoms with Crippen molar-refractivity contribution in [2.24, 2.45) is 0 Å². The van der Waals surface area contributed by atoms with Gasteiger partial charge in [0.15, 0.2) is 6.10 Å². The molecule has 1 N–H and O–H groups in total. The second kappa shape index (κ2) is 10.5. The van der Waals surface area contributed by atoms with Gasteiger partial charge in [-0.3, -0.25) is 9.10 Å². The van der Waals surface area contributed by atoms with Crippen molar-refractivity contribution in [1.29, 1.82) is 0 Å². The highest BCUT2D eigenvalue weighted by molar-refractivity contribution is 7.92. The zero-order valence-corrected chi connectivity index (χ0v) is 21.5.